The van der Waals surface area contributed by atoms with Crippen molar-refractivity contribution in [3.8, 4) is 0 Å². The molecule has 0 spiro atoms. The molecule has 1 unspecified atom stereocenters. The zero-order chi connectivity index (χ0) is 12.6. The standard InChI is InChI=1S/C12H18N4O/c1-12(2,3)11-15-14-10-8(9(17)7-13)5-4-6-16(10)11/h4-6,9,17H,7,13H2,1-3H3. The van der Waals surface area contributed by atoms with Crippen molar-refractivity contribution in [3.63, 3.8) is 0 Å². The second-order valence-electron chi connectivity index (χ2n) is 5.18. The first kappa shape index (κ1) is 12.0. The summed E-state index contributed by atoms with van der Waals surface area (Å²) in [6.45, 7) is 6.41. The Bertz CT molecular complexity index is 527. The van der Waals surface area contributed by atoms with Gasteiger partial charge in [-0.1, -0.05) is 26.8 Å². The Hall–Kier alpha value is -1.46. The molecular weight excluding hydrogens is 216 g/mol. The minimum atomic E-state index is -0.698. The Kier molecular flexibility index (Phi) is 2.89. The summed E-state index contributed by atoms with van der Waals surface area (Å²) in [6, 6.07) is 3.70. The van der Waals surface area contributed by atoms with Gasteiger partial charge in [0.05, 0.1) is 6.10 Å². The number of rotatable bonds is 2. The zero-order valence-electron chi connectivity index (χ0n) is 10.4. The Morgan fingerprint density at radius 3 is 2.71 bits per heavy atom. The highest BCUT2D eigenvalue weighted by atomic mass is 16.3. The van der Waals surface area contributed by atoms with Gasteiger partial charge < -0.3 is 10.8 Å². The quantitative estimate of drug-likeness (QED) is 0.813. The van der Waals surface area contributed by atoms with E-state index in [0.717, 1.165) is 11.4 Å². The van der Waals surface area contributed by atoms with Crippen molar-refractivity contribution in [3.05, 3.63) is 29.7 Å². The van der Waals surface area contributed by atoms with Crippen molar-refractivity contribution < 1.29 is 5.11 Å². The molecule has 0 amide bonds. The van der Waals surface area contributed by atoms with Gasteiger partial charge in [-0.3, -0.25) is 4.40 Å². The fourth-order valence-corrected chi connectivity index (χ4v) is 1.84. The van der Waals surface area contributed by atoms with Gasteiger partial charge in [-0.2, -0.15) is 0 Å². The summed E-state index contributed by atoms with van der Waals surface area (Å²) < 4.78 is 1.91. The lowest BCUT2D eigenvalue weighted by atomic mass is 9.96. The number of aliphatic hydroxyl groups is 1. The molecule has 3 N–H and O–H groups in total. The molecular formula is C12H18N4O. The molecule has 0 fully saturated rings. The number of fused-ring (bicyclic) bond motifs is 1. The summed E-state index contributed by atoms with van der Waals surface area (Å²) in [6.07, 6.45) is 1.21. The molecule has 2 heterocycles. The molecule has 0 bridgehead atoms. The van der Waals surface area contributed by atoms with Crippen molar-refractivity contribution in [2.45, 2.75) is 32.3 Å². The SMILES string of the molecule is CC(C)(C)c1nnc2c(C(O)CN)cccn12. The zero-order valence-corrected chi connectivity index (χ0v) is 10.4. The van der Waals surface area contributed by atoms with Crippen LogP contribution < -0.4 is 5.73 Å². The van der Waals surface area contributed by atoms with Gasteiger partial charge >= 0.3 is 0 Å². The molecule has 0 aliphatic carbocycles. The molecule has 0 aromatic carbocycles. The molecule has 5 heteroatoms. The first-order valence-electron chi connectivity index (χ1n) is 5.67. The van der Waals surface area contributed by atoms with Gasteiger partial charge in [0, 0.05) is 23.7 Å². The van der Waals surface area contributed by atoms with Gasteiger partial charge in [-0.25, -0.2) is 0 Å². The van der Waals surface area contributed by atoms with E-state index in [9.17, 15) is 5.11 Å². The number of aliphatic hydroxyl groups excluding tert-OH is 1. The fourth-order valence-electron chi connectivity index (χ4n) is 1.84. The topological polar surface area (TPSA) is 76.4 Å². The highest BCUT2D eigenvalue weighted by Gasteiger charge is 2.22. The third-order valence-electron chi connectivity index (χ3n) is 2.72. The molecule has 0 aliphatic rings. The summed E-state index contributed by atoms with van der Waals surface area (Å²) in [7, 11) is 0. The van der Waals surface area contributed by atoms with Gasteiger partial charge in [-0.05, 0) is 6.07 Å². The molecule has 2 aromatic rings. The van der Waals surface area contributed by atoms with Crippen molar-refractivity contribution in [2.75, 3.05) is 6.54 Å². The number of nitrogens with two attached hydrogens (primary N) is 1. The summed E-state index contributed by atoms with van der Waals surface area (Å²) in [5, 5.41) is 18.2. The maximum absolute atomic E-state index is 9.83. The second kappa shape index (κ2) is 4.09. The highest BCUT2D eigenvalue weighted by molar-refractivity contribution is 5.49. The van der Waals surface area contributed by atoms with Crippen LogP contribution in [0.4, 0.5) is 0 Å². The lowest BCUT2D eigenvalue weighted by molar-refractivity contribution is 0.187. The molecule has 17 heavy (non-hydrogen) atoms. The maximum Gasteiger partial charge on any atom is 0.166 e. The molecule has 0 saturated heterocycles. The smallest absolute Gasteiger partial charge is 0.166 e. The first-order chi connectivity index (χ1) is 7.95. The first-order valence-corrected chi connectivity index (χ1v) is 5.67. The number of hydrogen-bond donors (Lipinski definition) is 2. The number of aromatic nitrogens is 3. The van der Waals surface area contributed by atoms with Crippen LogP contribution >= 0.6 is 0 Å². The molecule has 92 valence electrons. The van der Waals surface area contributed by atoms with E-state index in [2.05, 4.69) is 31.0 Å². The van der Waals surface area contributed by atoms with Crippen LogP contribution in [0.1, 0.15) is 38.3 Å². The average molecular weight is 234 g/mol. The van der Waals surface area contributed by atoms with E-state index in [-0.39, 0.29) is 12.0 Å². The predicted octanol–water partition coefficient (Wildman–Crippen LogP) is 1.02. The van der Waals surface area contributed by atoms with Crippen molar-refractivity contribution in [1.82, 2.24) is 14.6 Å². The monoisotopic (exact) mass is 234 g/mol. The molecule has 2 aromatic heterocycles. The number of pyridine rings is 1. The minimum absolute atomic E-state index is 0.0916. The van der Waals surface area contributed by atoms with E-state index >= 15 is 0 Å². The van der Waals surface area contributed by atoms with Crippen LogP contribution in [0, 0.1) is 0 Å². The normalized spacial score (nSPS) is 14.2. The van der Waals surface area contributed by atoms with Gasteiger partial charge in [-0.15, -0.1) is 10.2 Å². The van der Waals surface area contributed by atoms with Crippen LogP contribution in [0.15, 0.2) is 18.3 Å². The Morgan fingerprint density at radius 1 is 1.41 bits per heavy atom. The van der Waals surface area contributed by atoms with E-state index < -0.39 is 6.10 Å². The van der Waals surface area contributed by atoms with E-state index in [0.29, 0.717) is 5.65 Å². The van der Waals surface area contributed by atoms with Crippen LogP contribution in [0.2, 0.25) is 0 Å². The van der Waals surface area contributed by atoms with Gasteiger partial charge in [0.15, 0.2) is 5.65 Å². The van der Waals surface area contributed by atoms with Crippen LogP contribution in [0.5, 0.6) is 0 Å². The minimum Gasteiger partial charge on any atom is -0.387 e. The second-order valence-corrected chi connectivity index (χ2v) is 5.18. The summed E-state index contributed by atoms with van der Waals surface area (Å²) in [4.78, 5) is 0. The molecule has 2 rings (SSSR count). The van der Waals surface area contributed by atoms with Crippen LogP contribution in [-0.2, 0) is 5.41 Å². The lowest BCUT2D eigenvalue weighted by Crippen LogP contribution is -2.16. The largest absolute Gasteiger partial charge is 0.387 e. The van der Waals surface area contributed by atoms with E-state index in [4.69, 9.17) is 5.73 Å². The third-order valence-corrected chi connectivity index (χ3v) is 2.72. The predicted molar refractivity (Wildman–Crippen MR) is 65.7 cm³/mol. The van der Waals surface area contributed by atoms with Gasteiger partial charge in [0.25, 0.3) is 0 Å². The van der Waals surface area contributed by atoms with Crippen LogP contribution in [0.25, 0.3) is 5.65 Å². The number of nitrogens with zero attached hydrogens (tertiary/aromatic N) is 3. The number of hydrogen-bond acceptors (Lipinski definition) is 4. The molecule has 5 nitrogen and oxygen atoms in total. The molecule has 0 aliphatic heterocycles. The van der Waals surface area contributed by atoms with Crippen LogP contribution in [-0.4, -0.2) is 26.2 Å². The Balaban J connectivity index is 2.65. The maximum atomic E-state index is 9.83. The average Bonchev–Trinajstić information content (AvgIpc) is 2.70. The van der Waals surface area contributed by atoms with E-state index in [1.807, 2.05) is 22.7 Å². The highest BCUT2D eigenvalue weighted by Crippen LogP contribution is 2.24. The lowest BCUT2D eigenvalue weighted by Gasteiger charge is -2.16. The van der Waals surface area contributed by atoms with Crippen molar-refractivity contribution >= 4 is 5.65 Å². The Labute approximate surface area is 100 Å². The molecule has 0 saturated carbocycles. The van der Waals surface area contributed by atoms with E-state index in [1.54, 1.807) is 0 Å². The van der Waals surface area contributed by atoms with Gasteiger partial charge in [0.2, 0.25) is 0 Å². The fraction of sp³-hybridized carbons (Fsp3) is 0.500. The van der Waals surface area contributed by atoms with E-state index in [1.165, 1.54) is 0 Å². The van der Waals surface area contributed by atoms with Gasteiger partial charge in [0.1, 0.15) is 5.82 Å². The Morgan fingerprint density at radius 2 is 2.12 bits per heavy atom. The molecule has 0 radical (unpaired) electrons. The van der Waals surface area contributed by atoms with Crippen molar-refractivity contribution in [2.24, 2.45) is 5.73 Å². The van der Waals surface area contributed by atoms with Crippen molar-refractivity contribution in [1.29, 1.82) is 0 Å². The summed E-state index contributed by atoms with van der Waals surface area (Å²) >= 11 is 0. The molecule has 1 atom stereocenters. The summed E-state index contributed by atoms with van der Waals surface area (Å²) in [5.41, 5.74) is 6.79. The third kappa shape index (κ3) is 2.03. The van der Waals surface area contributed by atoms with Crippen LogP contribution in [0.3, 0.4) is 0 Å². The summed E-state index contributed by atoms with van der Waals surface area (Å²) in [5.74, 6) is 0.874.